The van der Waals surface area contributed by atoms with Crippen molar-refractivity contribution in [2.45, 2.75) is 13.3 Å². The maximum atomic E-state index is 12.8. The Morgan fingerprint density at radius 3 is 2.43 bits per heavy atom. The van der Waals surface area contributed by atoms with E-state index in [0.717, 1.165) is 17.5 Å². The Morgan fingerprint density at radius 2 is 1.81 bits per heavy atom. The number of hydrogen-bond acceptors (Lipinski definition) is 2. The maximum absolute atomic E-state index is 12.8. The Bertz CT molecular complexity index is 605. The van der Waals surface area contributed by atoms with Crippen LogP contribution in [0.15, 0.2) is 59.6 Å². The molecule has 0 aliphatic rings. The van der Waals surface area contributed by atoms with Gasteiger partial charge in [-0.2, -0.15) is 0 Å². The summed E-state index contributed by atoms with van der Waals surface area (Å²) in [7, 11) is 0. The van der Waals surface area contributed by atoms with Crippen LogP contribution < -0.4 is 0 Å². The highest BCUT2D eigenvalue weighted by Crippen LogP contribution is 2.13. The second-order valence-corrected chi connectivity index (χ2v) is 4.88. The second kappa shape index (κ2) is 7.48. The summed E-state index contributed by atoms with van der Waals surface area (Å²) in [5.41, 5.74) is 1.56. The molecule has 0 spiro atoms. The van der Waals surface area contributed by atoms with Gasteiger partial charge in [0.15, 0.2) is 5.78 Å². The molecule has 0 aliphatic carbocycles. The van der Waals surface area contributed by atoms with Gasteiger partial charge in [-0.1, -0.05) is 49.4 Å². The Morgan fingerprint density at radius 1 is 1.14 bits per heavy atom. The highest BCUT2D eigenvalue weighted by atomic mass is 19.1. The summed E-state index contributed by atoms with van der Waals surface area (Å²) in [6, 6.07) is 15.4. The Balaban J connectivity index is 1.99. The maximum Gasteiger partial charge on any atom is 0.167 e. The molecular formula is C18H18FNO. The van der Waals surface area contributed by atoms with E-state index < -0.39 is 0 Å². The van der Waals surface area contributed by atoms with Gasteiger partial charge in [0.1, 0.15) is 5.82 Å². The quantitative estimate of drug-likeness (QED) is 0.578. The van der Waals surface area contributed by atoms with Crippen molar-refractivity contribution in [3.05, 3.63) is 71.5 Å². The van der Waals surface area contributed by atoms with E-state index in [1.807, 2.05) is 37.3 Å². The predicted octanol–water partition coefficient (Wildman–Crippen LogP) is 4.15. The van der Waals surface area contributed by atoms with Gasteiger partial charge >= 0.3 is 0 Å². The van der Waals surface area contributed by atoms with Gasteiger partial charge in [0.2, 0.25) is 0 Å². The van der Waals surface area contributed by atoms with Crippen molar-refractivity contribution in [3.8, 4) is 0 Å². The predicted molar refractivity (Wildman–Crippen MR) is 83.4 cm³/mol. The van der Waals surface area contributed by atoms with E-state index in [9.17, 15) is 9.18 Å². The van der Waals surface area contributed by atoms with Crippen LogP contribution in [-0.4, -0.2) is 18.5 Å². The van der Waals surface area contributed by atoms with E-state index in [-0.39, 0.29) is 17.5 Å². The van der Waals surface area contributed by atoms with Crippen LogP contribution in [0.25, 0.3) is 0 Å². The van der Waals surface area contributed by atoms with Crippen LogP contribution in [0.5, 0.6) is 0 Å². The molecule has 2 rings (SSSR count). The molecule has 0 N–H and O–H groups in total. The van der Waals surface area contributed by atoms with Crippen molar-refractivity contribution >= 4 is 12.0 Å². The van der Waals surface area contributed by atoms with E-state index in [2.05, 4.69) is 4.99 Å². The summed E-state index contributed by atoms with van der Waals surface area (Å²) in [4.78, 5) is 16.7. The lowest BCUT2D eigenvalue weighted by Crippen LogP contribution is -2.17. The number of hydrogen-bond donors (Lipinski definition) is 0. The van der Waals surface area contributed by atoms with Gasteiger partial charge in [-0.25, -0.2) is 4.39 Å². The Labute approximate surface area is 124 Å². The number of halogens is 1. The molecule has 21 heavy (non-hydrogen) atoms. The van der Waals surface area contributed by atoms with E-state index in [0.29, 0.717) is 6.54 Å². The SMILES string of the molecule is CCC(CN=Cc1ccc(F)cc1)C(=O)c1ccccc1. The van der Waals surface area contributed by atoms with Crippen molar-refractivity contribution in [1.29, 1.82) is 0 Å². The normalized spacial score (nSPS) is 12.5. The number of rotatable bonds is 6. The zero-order chi connectivity index (χ0) is 15.1. The number of carbonyl (C=O) groups is 1. The molecular weight excluding hydrogens is 265 g/mol. The number of Topliss-reactive ketones (excluding diaryl/α,β-unsaturated/α-hetero) is 1. The minimum Gasteiger partial charge on any atom is -0.294 e. The number of aliphatic imine (C=N–C) groups is 1. The molecule has 3 heteroatoms. The number of ketones is 1. The molecule has 0 heterocycles. The van der Waals surface area contributed by atoms with Gasteiger partial charge in [0.25, 0.3) is 0 Å². The van der Waals surface area contributed by atoms with Gasteiger partial charge in [-0.3, -0.25) is 9.79 Å². The van der Waals surface area contributed by atoms with E-state index in [1.165, 1.54) is 12.1 Å². The summed E-state index contributed by atoms with van der Waals surface area (Å²) in [6.07, 6.45) is 2.43. The lowest BCUT2D eigenvalue weighted by molar-refractivity contribution is 0.0921. The van der Waals surface area contributed by atoms with Crippen LogP contribution in [0.2, 0.25) is 0 Å². The molecule has 0 bridgehead atoms. The first-order valence-electron chi connectivity index (χ1n) is 7.05. The lowest BCUT2D eigenvalue weighted by Gasteiger charge is -2.10. The summed E-state index contributed by atoms with van der Waals surface area (Å²) >= 11 is 0. The molecule has 1 atom stereocenters. The Kier molecular flexibility index (Phi) is 5.38. The average molecular weight is 283 g/mol. The van der Waals surface area contributed by atoms with E-state index in [1.54, 1.807) is 18.3 Å². The van der Waals surface area contributed by atoms with Gasteiger partial charge in [-0.15, -0.1) is 0 Å². The second-order valence-electron chi connectivity index (χ2n) is 4.88. The fourth-order valence-corrected chi connectivity index (χ4v) is 2.07. The van der Waals surface area contributed by atoms with Crippen LogP contribution in [-0.2, 0) is 0 Å². The minimum atomic E-state index is -0.266. The summed E-state index contributed by atoms with van der Waals surface area (Å²) < 4.78 is 12.8. The van der Waals surface area contributed by atoms with E-state index in [4.69, 9.17) is 0 Å². The lowest BCUT2D eigenvalue weighted by atomic mass is 9.95. The third-order valence-corrected chi connectivity index (χ3v) is 3.36. The molecule has 0 aliphatic heterocycles. The fourth-order valence-electron chi connectivity index (χ4n) is 2.07. The number of benzene rings is 2. The van der Waals surface area contributed by atoms with Gasteiger partial charge < -0.3 is 0 Å². The number of nitrogens with zero attached hydrogens (tertiary/aromatic N) is 1. The summed E-state index contributed by atoms with van der Waals surface area (Å²) in [5, 5.41) is 0. The minimum absolute atomic E-state index is 0.120. The van der Waals surface area contributed by atoms with Gasteiger partial charge in [0.05, 0.1) is 0 Å². The van der Waals surface area contributed by atoms with E-state index >= 15 is 0 Å². The standard InChI is InChI=1S/C18H18FNO/c1-2-15(18(21)16-6-4-3-5-7-16)13-20-12-14-8-10-17(19)11-9-14/h3-12,15H,2,13H2,1H3. The fraction of sp³-hybridized carbons (Fsp3) is 0.222. The van der Waals surface area contributed by atoms with Crippen molar-refractivity contribution in [2.75, 3.05) is 6.54 Å². The molecule has 0 aromatic heterocycles. The highest BCUT2D eigenvalue weighted by molar-refractivity contribution is 5.98. The molecule has 0 saturated heterocycles. The van der Waals surface area contributed by atoms with Crippen LogP contribution in [0, 0.1) is 11.7 Å². The van der Waals surface area contributed by atoms with Crippen molar-refractivity contribution in [1.82, 2.24) is 0 Å². The summed E-state index contributed by atoms with van der Waals surface area (Å²) in [5.74, 6) is -0.267. The monoisotopic (exact) mass is 283 g/mol. The molecule has 0 radical (unpaired) electrons. The van der Waals surface area contributed by atoms with Crippen molar-refractivity contribution in [3.63, 3.8) is 0 Å². The molecule has 0 saturated carbocycles. The van der Waals surface area contributed by atoms with Crippen molar-refractivity contribution in [2.24, 2.45) is 10.9 Å². The van der Waals surface area contributed by atoms with Crippen molar-refractivity contribution < 1.29 is 9.18 Å². The number of carbonyl (C=O) groups excluding carboxylic acids is 1. The smallest absolute Gasteiger partial charge is 0.167 e. The molecule has 108 valence electrons. The first kappa shape index (κ1) is 15.1. The molecule has 2 aromatic rings. The first-order valence-corrected chi connectivity index (χ1v) is 7.05. The Hall–Kier alpha value is -2.29. The molecule has 1 unspecified atom stereocenters. The third-order valence-electron chi connectivity index (χ3n) is 3.36. The largest absolute Gasteiger partial charge is 0.294 e. The van der Waals surface area contributed by atoms with Gasteiger partial charge in [0, 0.05) is 24.2 Å². The molecule has 0 amide bonds. The van der Waals surface area contributed by atoms with Crippen LogP contribution >= 0.6 is 0 Å². The topological polar surface area (TPSA) is 29.4 Å². The average Bonchev–Trinajstić information content (AvgIpc) is 2.53. The molecule has 0 fully saturated rings. The zero-order valence-corrected chi connectivity index (χ0v) is 12.0. The highest BCUT2D eigenvalue weighted by Gasteiger charge is 2.17. The zero-order valence-electron chi connectivity index (χ0n) is 12.0. The first-order chi connectivity index (χ1) is 10.2. The molecule has 2 aromatic carbocycles. The van der Waals surface area contributed by atoms with Gasteiger partial charge in [-0.05, 0) is 24.1 Å². The third kappa shape index (κ3) is 4.35. The van der Waals surface area contributed by atoms with Crippen LogP contribution in [0.1, 0.15) is 29.3 Å². The van der Waals surface area contributed by atoms with Crippen LogP contribution in [0.3, 0.4) is 0 Å². The molecule has 2 nitrogen and oxygen atoms in total. The summed E-state index contributed by atoms with van der Waals surface area (Å²) in [6.45, 7) is 2.43. The van der Waals surface area contributed by atoms with Crippen LogP contribution in [0.4, 0.5) is 4.39 Å².